The highest BCUT2D eigenvalue weighted by molar-refractivity contribution is 5.65. The van der Waals surface area contributed by atoms with Crippen LogP contribution >= 0.6 is 0 Å². The molecular formula is C13H17N5O4. The van der Waals surface area contributed by atoms with E-state index in [4.69, 9.17) is 19.9 Å². The first-order valence-corrected chi connectivity index (χ1v) is 6.50. The van der Waals surface area contributed by atoms with E-state index in [1.165, 1.54) is 14.0 Å². The number of aromatic nitrogens is 4. The van der Waals surface area contributed by atoms with Gasteiger partial charge in [-0.1, -0.05) is 0 Å². The zero-order valence-corrected chi connectivity index (χ0v) is 12.4. The van der Waals surface area contributed by atoms with Crippen LogP contribution in [0.15, 0.2) is 18.7 Å². The van der Waals surface area contributed by atoms with E-state index >= 15 is 0 Å². The number of methoxy groups -OCH3 is 1. The van der Waals surface area contributed by atoms with Gasteiger partial charge in [0, 0.05) is 19.3 Å². The van der Waals surface area contributed by atoms with Crippen molar-refractivity contribution in [2.45, 2.75) is 13.7 Å². The van der Waals surface area contributed by atoms with E-state index in [1.807, 2.05) is 0 Å². The molecule has 0 aliphatic rings. The van der Waals surface area contributed by atoms with Gasteiger partial charge in [-0.15, -0.1) is 0 Å². The lowest BCUT2D eigenvalue weighted by atomic mass is 10.2. The predicted molar refractivity (Wildman–Crippen MR) is 76.8 cm³/mol. The van der Waals surface area contributed by atoms with Crippen LogP contribution < -0.4 is 10.5 Å². The molecule has 0 saturated carbocycles. The third-order valence-electron chi connectivity index (χ3n) is 2.65. The molecule has 0 unspecified atom stereocenters. The smallest absolute Gasteiger partial charge is 0.302 e. The molecule has 2 aromatic rings. The Morgan fingerprint density at radius 1 is 1.36 bits per heavy atom. The van der Waals surface area contributed by atoms with Gasteiger partial charge in [-0.2, -0.15) is 4.98 Å². The normalized spacial score (nSPS) is 10.5. The summed E-state index contributed by atoms with van der Waals surface area (Å²) in [6.45, 7) is 2.16. The van der Waals surface area contributed by atoms with E-state index in [0.29, 0.717) is 23.7 Å². The molecule has 0 saturated heterocycles. The number of imidazole rings is 1. The van der Waals surface area contributed by atoms with Gasteiger partial charge in [0.2, 0.25) is 11.8 Å². The molecule has 0 fully saturated rings. The molecule has 2 rings (SSSR count). The standard InChI is InChI=1S/C13H17N5O4/c1-9(19)22-4-3-21-8-18-6-11(16-7-18)10-5-15-13(14)17-12(10)20-2/h5-7H,3-4,8H2,1-2H3,(H2,14,15,17). The molecule has 2 heterocycles. The Balaban J connectivity index is 1.95. The average Bonchev–Trinajstić information content (AvgIpc) is 2.95. The topological polar surface area (TPSA) is 114 Å². The molecule has 0 spiro atoms. The Morgan fingerprint density at radius 2 is 2.18 bits per heavy atom. The van der Waals surface area contributed by atoms with Crippen LogP contribution in [0.3, 0.4) is 0 Å². The molecule has 9 heteroatoms. The number of esters is 1. The second-order valence-electron chi connectivity index (χ2n) is 4.30. The molecule has 22 heavy (non-hydrogen) atoms. The van der Waals surface area contributed by atoms with Crippen molar-refractivity contribution >= 4 is 11.9 Å². The molecule has 2 aromatic heterocycles. The molecule has 0 aliphatic carbocycles. The van der Waals surface area contributed by atoms with Crippen LogP contribution in [0, 0.1) is 0 Å². The molecule has 0 atom stereocenters. The zero-order chi connectivity index (χ0) is 15.9. The fraction of sp³-hybridized carbons (Fsp3) is 0.385. The number of carbonyl (C=O) groups excluding carboxylic acids is 1. The summed E-state index contributed by atoms with van der Waals surface area (Å²) >= 11 is 0. The summed E-state index contributed by atoms with van der Waals surface area (Å²) in [4.78, 5) is 22.8. The maximum absolute atomic E-state index is 10.6. The lowest BCUT2D eigenvalue weighted by Crippen LogP contribution is -2.09. The third kappa shape index (κ3) is 4.16. The molecule has 0 aromatic carbocycles. The number of hydrogen-bond acceptors (Lipinski definition) is 8. The minimum atomic E-state index is -0.330. The van der Waals surface area contributed by atoms with E-state index in [2.05, 4.69) is 15.0 Å². The molecule has 0 aliphatic heterocycles. The number of ether oxygens (including phenoxy) is 3. The number of carbonyl (C=O) groups is 1. The Labute approximate surface area is 127 Å². The Morgan fingerprint density at radius 3 is 2.91 bits per heavy atom. The number of rotatable bonds is 7. The fourth-order valence-corrected chi connectivity index (χ4v) is 1.69. The maximum Gasteiger partial charge on any atom is 0.302 e. The van der Waals surface area contributed by atoms with Crippen molar-refractivity contribution < 1.29 is 19.0 Å². The third-order valence-corrected chi connectivity index (χ3v) is 2.65. The summed E-state index contributed by atoms with van der Waals surface area (Å²) in [5, 5.41) is 0. The molecule has 0 amide bonds. The van der Waals surface area contributed by atoms with Gasteiger partial charge in [-0.25, -0.2) is 9.97 Å². The number of anilines is 1. The summed E-state index contributed by atoms with van der Waals surface area (Å²) in [6.07, 6.45) is 4.93. The lowest BCUT2D eigenvalue weighted by Gasteiger charge is -2.05. The summed E-state index contributed by atoms with van der Waals surface area (Å²) < 4.78 is 17.0. The Hall–Kier alpha value is -2.68. The van der Waals surface area contributed by atoms with E-state index < -0.39 is 0 Å². The van der Waals surface area contributed by atoms with Crippen molar-refractivity contribution in [3.05, 3.63) is 18.7 Å². The van der Waals surface area contributed by atoms with Gasteiger partial charge >= 0.3 is 5.97 Å². The molecular weight excluding hydrogens is 290 g/mol. The summed E-state index contributed by atoms with van der Waals surface area (Å²) in [7, 11) is 1.50. The van der Waals surface area contributed by atoms with Gasteiger partial charge in [-0.05, 0) is 0 Å². The zero-order valence-electron chi connectivity index (χ0n) is 12.4. The highest BCUT2D eigenvalue weighted by Gasteiger charge is 2.11. The van der Waals surface area contributed by atoms with Crippen LogP contribution in [0.5, 0.6) is 5.88 Å². The number of nitrogen functional groups attached to an aromatic ring is 1. The Bertz CT molecular complexity index is 643. The number of nitrogens with zero attached hydrogens (tertiary/aromatic N) is 4. The minimum absolute atomic E-state index is 0.133. The van der Waals surface area contributed by atoms with Crippen molar-refractivity contribution in [2.75, 3.05) is 26.1 Å². The number of nitrogens with two attached hydrogens (primary N) is 1. The van der Waals surface area contributed by atoms with Crippen LogP contribution in [-0.4, -0.2) is 45.8 Å². The molecule has 9 nitrogen and oxygen atoms in total. The van der Waals surface area contributed by atoms with Crippen LogP contribution in [0.25, 0.3) is 11.3 Å². The highest BCUT2D eigenvalue weighted by atomic mass is 16.6. The number of hydrogen-bond donors (Lipinski definition) is 1. The van der Waals surface area contributed by atoms with Gasteiger partial charge in [0.1, 0.15) is 13.3 Å². The predicted octanol–water partition coefficient (Wildman–Crippen LogP) is 0.468. The lowest BCUT2D eigenvalue weighted by molar-refractivity contribution is -0.142. The van der Waals surface area contributed by atoms with E-state index in [9.17, 15) is 4.79 Å². The molecule has 118 valence electrons. The molecule has 0 bridgehead atoms. The van der Waals surface area contributed by atoms with E-state index in [1.54, 1.807) is 23.3 Å². The first-order valence-electron chi connectivity index (χ1n) is 6.50. The second kappa shape index (κ2) is 7.36. The minimum Gasteiger partial charge on any atom is -0.480 e. The van der Waals surface area contributed by atoms with Gasteiger partial charge in [0.25, 0.3) is 0 Å². The van der Waals surface area contributed by atoms with Crippen molar-refractivity contribution in [2.24, 2.45) is 0 Å². The van der Waals surface area contributed by atoms with E-state index in [0.717, 1.165) is 0 Å². The first-order chi connectivity index (χ1) is 10.6. The van der Waals surface area contributed by atoms with Crippen LogP contribution in [0.1, 0.15) is 6.92 Å². The van der Waals surface area contributed by atoms with E-state index in [-0.39, 0.29) is 25.3 Å². The SMILES string of the molecule is COc1nc(N)ncc1-c1cn(COCCOC(C)=O)cn1. The van der Waals surface area contributed by atoms with Crippen LogP contribution in [0.2, 0.25) is 0 Å². The Kier molecular flexibility index (Phi) is 5.26. The summed E-state index contributed by atoms with van der Waals surface area (Å²) in [6, 6.07) is 0. The highest BCUT2D eigenvalue weighted by Crippen LogP contribution is 2.26. The van der Waals surface area contributed by atoms with Crippen molar-refractivity contribution in [3.63, 3.8) is 0 Å². The maximum atomic E-state index is 10.6. The van der Waals surface area contributed by atoms with Gasteiger partial charge < -0.3 is 24.5 Å². The largest absolute Gasteiger partial charge is 0.480 e. The molecule has 0 radical (unpaired) electrons. The fourth-order valence-electron chi connectivity index (χ4n) is 1.69. The average molecular weight is 307 g/mol. The van der Waals surface area contributed by atoms with Gasteiger partial charge in [0.05, 0.1) is 31.3 Å². The van der Waals surface area contributed by atoms with Gasteiger partial charge in [-0.3, -0.25) is 4.79 Å². The van der Waals surface area contributed by atoms with Crippen molar-refractivity contribution in [1.82, 2.24) is 19.5 Å². The summed E-state index contributed by atoms with van der Waals surface area (Å²) in [5.74, 6) is 0.159. The van der Waals surface area contributed by atoms with Crippen molar-refractivity contribution in [1.29, 1.82) is 0 Å². The first kappa shape index (κ1) is 15.7. The van der Waals surface area contributed by atoms with Gasteiger partial charge in [0.15, 0.2) is 0 Å². The van der Waals surface area contributed by atoms with Crippen LogP contribution in [0.4, 0.5) is 5.95 Å². The monoisotopic (exact) mass is 307 g/mol. The van der Waals surface area contributed by atoms with Crippen LogP contribution in [-0.2, 0) is 21.0 Å². The second-order valence-corrected chi connectivity index (χ2v) is 4.30. The van der Waals surface area contributed by atoms with Crippen molar-refractivity contribution in [3.8, 4) is 17.1 Å². The summed E-state index contributed by atoms with van der Waals surface area (Å²) in [5.41, 5.74) is 6.79. The quantitative estimate of drug-likeness (QED) is 0.580. The molecule has 2 N–H and O–H groups in total.